The molecular weight excluding hydrogens is 232 g/mol. The largest absolute Gasteiger partial charge is 0.345 e. The first-order valence-electron chi connectivity index (χ1n) is 7.15. The molecule has 0 fully saturated rings. The average Bonchev–Trinajstić information content (AvgIpc) is 2.74. The lowest BCUT2D eigenvalue weighted by atomic mass is 9.86. The summed E-state index contributed by atoms with van der Waals surface area (Å²) in [5.74, 6) is 0.647. The van der Waals surface area contributed by atoms with Crippen LogP contribution < -0.4 is 0 Å². The monoisotopic (exact) mass is 252 g/mol. The first kappa shape index (κ1) is 11.3. The molecule has 0 saturated carbocycles. The summed E-state index contributed by atoms with van der Waals surface area (Å²) < 4.78 is 2.43. The summed E-state index contributed by atoms with van der Waals surface area (Å²) in [7, 11) is 2.26. The molecular formula is C17H20N2. The molecule has 2 aliphatic rings. The van der Waals surface area contributed by atoms with Crippen molar-refractivity contribution in [1.82, 2.24) is 9.47 Å². The van der Waals surface area contributed by atoms with Crippen LogP contribution in [0.25, 0.3) is 16.5 Å². The average molecular weight is 252 g/mol. The number of aromatic nitrogens is 1. The van der Waals surface area contributed by atoms with Crippen LogP contribution in [0, 0.1) is 12.8 Å². The van der Waals surface area contributed by atoms with Crippen LogP contribution in [0.3, 0.4) is 0 Å². The van der Waals surface area contributed by atoms with Crippen LogP contribution in [0.5, 0.6) is 0 Å². The normalized spacial score (nSPS) is 26.4. The van der Waals surface area contributed by atoms with Crippen LogP contribution in [-0.2, 0) is 6.54 Å². The van der Waals surface area contributed by atoms with E-state index in [2.05, 4.69) is 60.8 Å². The molecule has 19 heavy (non-hydrogen) atoms. The van der Waals surface area contributed by atoms with Crippen molar-refractivity contribution >= 4 is 16.5 Å². The SMILES string of the molecule is Cc1cc2c3c(ccn3C[C@@H]3C2=C[C@@H](C)CN3C)c1. The second-order valence-electron chi connectivity index (χ2n) is 6.27. The van der Waals surface area contributed by atoms with Gasteiger partial charge in [-0.25, -0.2) is 0 Å². The van der Waals surface area contributed by atoms with Gasteiger partial charge in [0.15, 0.2) is 0 Å². The molecule has 0 aliphatic carbocycles. The molecule has 2 aromatic rings. The van der Waals surface area contributed by atoms with Gasteiger partial charge in [-0.05, 0) is 49.2 Å². The topological polar surface area (TPSA) is 8.17 Å². The number of hydrogen-bond acceptors (Lipinski definition) is 1. The van der Waals surface area contributed by atoms with Gasteiger partial charge >= 0.3 is 0 Å². The van der Waals surface area contributed by atoms with Gasteiger partial charge in [-0.3, -0.25) is 4.90 Å². The van der Waals surface area contributed by atoms with Gasteiger partial charge in [0, 0.05) is 30.2 Å². The van der Waals surface area contributed by atoms with Crippen molar-refractivity contribution < 1.29 is 0 Å². The number of hydrogen-bond donors (Lipinski definition) is 0. The molecule has 98 valence electrons. The fourth-order valence-corrected chi connectivity index (χ4v) is 3.85. The number of fused-ring (bicyclic) bond motifs is 2. The second-order valence-corrected chi connectivity index (χ2v) is 6.27. The summed E-state index contributed by atoms with van der Waals surface area (Å²) in [4.78, 5) is 2.51. The Hall–Kier alpha value is -1.54. The molecule has 2 atom stereocenters. The molecule has 0 unspecified atom stereocenters. The van der Waals surface area contributed by atoms with E-state index < -0.39 is 0 Å². The minimum absolute atomic E-state index is 0.543. The highest BCUT2D eigenvalue weighted by molar-refractivity contribution is 5.95. The van der Waals surface area contributed by atoms with Crippen LogP contribution in [-0.4, -0.2) is 29.1 Å². The predicted molar refractivity (Wildman–Crippen MR) is 80.2 cm³/mol. The van der Waals surface area contributed by atoms with Crippen LogP contribution in [0.1, 0.15) is 18.1 Å². The summed E-state index contributed by atoms with van der Waals surface area (Å²) in [6.45, 7) is 6.78. The highest BCUT2D eigenvalue weighted by atomic mass is 15.2. The number of nitrogens with zero attached hydrogens (tertiary/aromatic N) is 2. The summed E-state index contributed by atoms with van der Waals surface area (Å²) in [5.41, 5.74) is 5.79. The fraction of sp³-hybridized carbons (Fsp3) is 0.412. The second kappa shape index (κ2) is 3.73. The molecule has 0 amide bonds. The van der Waals surface area contributed by atoms with E-state index in [-0.39, 0.29) is 0 Å². The standard InChI is InChI=1S/C17H20N2/c1-11-6-13-4-5-19-10-16-14(15(7-11)17(13)19)8-12(2)9-18(16)3/h4-8,12,16H,9-10H2,1-3H3/t12-,16-/m1/s1. The van der Waals surface area contributed by atoms with E-state index >= 15 is 0 Å². The lowest BCUT2D eigenvalue weighted by molar-refractivity contribution is 0.234. The quantitative estimate of drug-likeness (QED) is 0.698. The summed E-state index contributed by atoms with van der Waals surface area (Å²) >= 11 is 0. The van der Waals surface area contributed by atoms with Crippen LogP contribution >= 0.6 is 0 Å². The van der Waals surface area contributed by atoms with Crippen LogP contribution in [0.4, 0.5) is 0 Å². The third kappa shape index (κ3) is 1.53. The van der Waals surface area contributed by atoms with E-state index in [0.29, 0.717) is 12.0 Å². The Labute approximate surface area is 114 Å². The van der Waals surface area contributed by atoms with Gasteiger partial charge < -0.3 is 4.57 Å². The van der Waals surface area contributed by atoms with E-state index in [0.717, 1.165) is 6.54 Å². The Bertz CT molecular complexity index is 693. The van der Waals surface area contributed by atoms with Crippen LogP contribution in [0.15, 0.2) is 30.5 Å². The minimum atomic E-state index is 0.543. The molecule has 0 N–H and O–H groups in total. The zero-order chi connectivity index (χ0) is 13.1. The first-order valence-corrected chi connectivity index (χ1v) is 7.15. The summed E-state index contributed by atoms with van der Waals surface area (Å²) in [5, 5.41) is 1.38. The predicted octanol–water partition coefficient (Wildman–Crippen LogP) is 3.30. The van der Waals surface area contributed by atoms with Gasteiger partial charge in [0.25, 0.3) is 0 Å². The lowest BCUT2D eigenvalue weighted by Crippen LogP contribution is -2.43. The number of rotatable bonds is 0. The highest BCUT2D eigenvalue weighted by Gasteiger charge is 2.31. The fourth-order valence-electron chi connectivity index (χ4n) is 3.85. The maximum absolute atomic E-state index is 2.51. The van der Waals surface area contributed by atoms with Crippen molar-refractivity contribution in [2.24, 2.45) is 5.92 Å². The van der Waals surface area contributed by atoms with Gasteiger partial charge in [-0.15, -0.1) is 0 Å². The molecule has 0 spiro atoms. The van der Waals surface area contributed by atoms with Gasteiger partial charge in [-0.1, -0.05) is 13.0 Å². The highest BCUT2D eigenvalue weighted by Crippen LogP contribution is 2.38. The van der Waals surface area contributed by atoms with Crippen molar-refractivity contribution in [3.63, 3.8) is 0 Å². The summed E-state index contributed by atoms with van der Waals surface area (Å²) in [6.07, 6.45) is 4.74. The Morgan fingerprint density at radius 2 is 2.05 bits per heavy atom. The maximum Gasteiger partial charge on any atom is 0.0558 e. The lowest BCUT2D eigenvalue weighted by Gasteiger charge is -2.39. The van der Waals surface area contributed by atoms with Crippen molar-refractivity contribution in [2.75, 3.05) is 13.6 Å². The molecule has 2 heteroatoms. The zero-order valence-electron chi connectivity index (χ0n) is 11.9. The zero-order valence-corrected chi connectivity index (χ0v) is 11.9. The van der Waals surface area contributed by atoms with E-state index in [9.17, 15) is 0 Å². The van der Waals surface area contributed by atoms with Crippen LogP contribution in [0.2, 0.25) is 0 Å². The third-order valence-electron chi connectivity index (χ3n) is 4.62. The van der Waals surface area contributed by atoms with E-state index in [1.165, 1.54) is 28.6 Å². The molecule has 0 bridgehead atoms. The molecule has 2 nitrogen and oxygen atoms in total. The Morgan fingerprint density at radius 3 is 2.89 bits per heavy atom. The van der Waals surface area contributed by atoms with Gasteiger partial charge in [-0.2, -0.15) is 0 Å². The van der Waals surface area contributed by atoms with E-state index in [1.54, 1.807) is 5.57 Å². The van der Waals surface area contributed by atoms with E-state index in [4.69, 9.17) is 0 Å². The van der Waals surface area contributed by atoms with Crippen molar-refractivity contribution in [3.8, 4) is 0 Å². The Balaban J connectivity index is 2.04. The number of benzene rings is 1. The molecule has 4 rings (SSSR count). The van der Waals surface area contributed by atoms with Gasteiger partial charge in [0.1, 0.15) is 0 Å². The number of likely N-dealkylation sites (N-methyl/N-ethyl adjacent to an activating group) is 1. The number of aryl methyl sites for hydroxylation is 1. The Morgan fingerprint density at radius 1 is 1.21 bits per heavy atom. The van der Waals surface area contributed by atoms with Crippen molar-refractivity contribution in [1.29, 1.82) is 0 Å². The first-order chi connectivity index (χ1) is 9.13. The molecule has 1 aromatic heterocycles. The van der Waals surface area contributed by atoms with Gasteiger partial charge in [0.2, 0.25) is 0 Å². The van der Waals surface area contributed by atoms with Crippen molar-refractivity contribution in [2.45, 2.75) is 26.4 Å². The molecule has 0 radical (unpaired) electrons. The van der Waals surface area contributed by atoms with E-state index in [1.807, 2.05) is 0 Å². The smallest absolute Gasteiger partial charge is 0.0558 e. The maximum atomic E-state index is 2.51. The summed E-state index contributed by atoms with van der Waals surface area (Å²) in [6, 6.07) is 7.46. The molecule has 1 aromatic carbocycles. The van der Waals surface area contributed by atoms with Gasteiger partial charge in [0.05, 0.1) is 11.6 Å². The Kier molecular flexibility index (Phi) is 2.22. The third-order valence-corrected chi connectivity index (χ3v) is 4.62. The van der Waals surface area contributed by atoms with Crippen molar-refractivity contribution in [3.05, 3.63) is 41.6 Å². The molecule has 0 saturated heterocycles. The minimum Gasteiger partial charge on any atom is -0.345 e. The molecule has 2 aliphatic heterocycles. The molecule has 3 heterocycles.